The van der Waals surface area contributed by atoms with Gasteiger partial charge in [-0.3, -0.25) is 0 Å². The molecule has 0 N–H and O–H groups in total. The van der Waals surface area contributed by atoms with Gasteiger partial charge in [0, 0.05) is 53.7 Å². The lowest BCUT2D eigenvalue weighted by Crippen LogP contribution is -2.09. The van der Waals surface area contributed by atoms with Crippen LogP contribution in [-0.2, 0) is 0 Å². The smallest absolute Gasteiger partial charge is 0.0547 e. The lowest BCUT2D eigenvalue weighted by Gasteiger charge is -2.25. The van der Waals surface area contributed by atoms with Crippen LogP contribution in [0.1, 0.15) is 0 Å². The minimum absolute atomic E-state index is 1.12. The molecular formula is C50H32N2S. The summed E-state index contributed by atoms with van der Waals surface area (Å²) in [5, 5.41) is 10.2. The highest BCUT2D eigenvalue weighted by molar-refractivity contribution is 7.25. The number of rotatable bonds is 5. The highest BCUT2D eigenvalue weighted by atomic mass is 32.1. The van der Waals surface area contributed by atoms with Gasteiger partial charge in [0.05, 0.1) is 11.0 Å². The van der Waals surface area contributed by atoms with Gasteiger partial charge < -0.3 is 9.47 Å². The zero-order valence-electron chi connectivity index (χ0n) is 28.8. The normalized spacial score (nSPS) is 11.8. The van der Waals surface area contributed by atoms with Crippen molar-refractivity contribution in [2.45, 2.75) is 0 Å². The maximum absolute atomic E-state index is 2.45. The predicted octanol–water partition coefficient (Wildman–Crippen LogP) is 14.6. The number of hydrogen-bond acceptors (Lipinski definition) is 2. The van der Waals surface area contributed by atoms with Crippen molar-refractivity contribution < 1.29 is 0 Å². The predicted molar refractivity (Wildman–Crippen MR) is 229 cm³/mol. The van der Waals surface area contributed by atoms with Gasteiger partial charge in [0.15, 0.2) is 0 Å². The van der Waals surface area contributed by atoms with Crippen molar-refractivity contribution in [1.82, 2.24) is 4.57 Å². The van der Waals surface area contributed by atoms with Crippen LogP contribution in [0.25, 0.3) is 80.3 Å². The molecule has 0 aliphatic heterocycles. The first-order chi connectivity index (χ1) is 26.3. The Hall–Kier alpha value is -6.68. The summed E-state index contributed by atoms with van der Waals surface area (Å²) in [6.45, 7) is 0. The first-order valence-electron chi connectivity index (χ1n) is 18.1. The first kappa shape index (κ1) is 30.0. The standard InChI is InChI=1S/C50H32N2S/c1-4-14-35(15-5-1)51(36-16-6-2-7-17-36)38-26-24-33(25-27-38)41-28-34-29-50-46(40-21-11-13-23-49(40)53-50)30-42(34)44-32-48-45(31-43(41)44)39-20-10-12-22-47(39)52(48)37-18-8-3-9-19-37/h1-32H. The molecule has 0 spiro atoms. The Morgan fingerprint density at radius 1 is 0.358 bits per heavy atom. The van der Waals surface area contributed by atoms with E-state index < -0.39 is 0 Å². The average Bonchev–Trinajstić information content (AvgIpc) is 3.75. The number of anilines is 3. The summed E-state index contributed by atoms with van der Waals surface area (Å²) in [5.41, 5.74) is 9.42. The van der Waals surface area contributed by atoms with E-state index >= 15 is 0 Å². The Kier molecular flexibility index (Phi) is 6.76. The molecule has 0 amide bonds. The fraction of sp³-hybridized carbons (Fsp3) is 0. The van der Waals surface area contributed by atoms with Crippen molar-refractivity contribution in [1.29, 1.82) is 0 Å². The van der Waals surface area contributed by atoms with Crippen LogP contribution in [0.4, 0.5) is 17.1 Å². The molecule has 0 saturated heterocycles. The van der Waals surface area contributed by atoms with Crippen LogP contribution in [-0.4, -0.2) is 4.57 Å². The lowest BCUT2D eigenvalue weighted by molar-refractivity contribution is 1.18. The summed E-state index contributed by atoms with van der Waals surface area (Å²) in [6, 6.07) is 70.9. The quantitative estimate of drug-likeness (QED) is 0.163. The van der Waals surface area contributed by atoms with Crippen molar-refractivity contribution in [2.24, 2.45) is 0 Å². The topological polar surface area (TPSA) is 8.17 Å². The minimum Gasteiger partial charge on any atom is -0.311 e. The molecule has 0 unspecified atom stereocenters. The molecule has 0 bridgehead atoms. The van der Waals surface area contributed by atoms with Crippen molar-refractivity contribution >= 4 is 91.9 Å². The van der Waals surface area contributed by atoms with Gasteiger partial charge in [-0.1, -0.05) is 103 Å². The van der Waals surface area contributed by atoms with Gasteiger partial charge in [0.1, 0.15) is 0 Å². The van der Waals surface area contributed by atoms with E-state index in [0.29, 0.717) is 0 Å². The highest BCUT2D eigenvalue weighted by Gasteiger charge is 2.19. The third-order valence-corrected chi connectivity index (χ3v) is 11.9. The van der Waals surface area contributed by atoms with Crippen LogP contribution < -0.4 is 4.90 Å². The van der Waals surface area contributed by atoms with Crippen LogP contribution >= 0.6 is 11.3 Å². The molecule has 2 aromatic heterocycles. The van der Waals surface area contributed by atoms with Gasteiger partial charge in [-0.05, 0) is 124 Å². The zero-order valence-corrected chi connectivity index (χ0v) is 29.6. The van der Waals surface area contributed by atoms with E-state index in [2.05, 4.69) is 204 Å². The Balaban J connectivity index is 1.20. The Bertz CT molecular complexity index is 3100. The first-order valence-corrected chi connectivity index (χ1v) is 18.9. The van der Waals surface area contributed by atoms with E-state index in [-0.39, 0.29) is 0 Å². The molecule has 2 nitrogen and oxygen atoms in total. The molecular weight excluding hydrogens is 661 g/mol. The maximum atomic E-state index is 2.45. The molecule has 0 radical (unpaired) electrons. The molecule has 9 aromatic carbocycles. The Morgan fingerprint density at radius 2 is 0.962 bits per heavy atom. The second kappa shape index (κ2) is 11.9. The summed E-state index contributed by atoms with van der Waals surface area (Å²) in [6.07, 6.45) is 0. The third-order valence-electron chi connectivity index (χ3n) is 10.7. The van der Waals surface area contributed by atoms with E-state index in [0.717, 1.165) is 17.1 Å². The molecule has 0 saturated carbocycles. The van der Waals surface area contributed by atoms with Gasteiger partial charge in [-0.2, -0.15) is 0 Å². The van der Waals surface area contributed by atoms with Crippen LogP contribution in [0.3, 0.4) is 0 Å². The summed E-state index contributed by atoms with van der Waals surface area (Å²) >= 11 is 1.88. The fourth-order valence-corrected chi connectivity index (χ4v) is 9.46. The van der Waals surface area contributed by atoms with Gasteiger partial charge in [-0.15, -0.1) is 11.3 Å². The minimum atomic E-state index is 1.12. The third kappa shape index (κ3) is 4.78. The number of para-hydroxylation sites is 4. The largest absolute Gasteiger partial charge is 0.311 e. The number of aromatic nitrogens is 1. The molecule has 11 aromatic rings. The van der Waals surface area contributed by atoms with Crippen LogP contribution in [0.2, 0.25) is 0 Å². The summed E-state index contributed by atoms with van der Waals surface area (Å²) < 4.78 is 5.07. The lowest BCUT2D eigenvalue weighted by atomic mass is 9.91. The summed E-state index contributed by atoms with van der Waals surface area (Å²) in [4.78, 5) is 2.32. The molecule has 248 valence electrons. The van der Waals surface area contributed by atoms with E-state index in [1.807, 2.05) is 11.3 Å². The van der Waals surface area contributed by atoms with E-state index in [4.69, 9.17) is 0 Å². The van der Waals surface area contributed by atoms with Crippen LogP contribution in [0, 0.1) is 0 Å². The zero-order chi connectivity index (χ0) is 34.9. The molecule has 2 heterocycles. The second-order valence-corrected chi connectivity index (χ2v) is 14.8. The van der Waals surface area contributed by atoms with E-state index in [1.165, 1.54) is 80.3 Å². The van der Waals surface area contributed by atoms with Crippen molar-refractivity contribution in [3.05, 3.63) is 194 Å². The Morgan fingerprint density at radius 3 is 1.70 bits per heavy atom. The number of hydrogen-bond donors (Lipinski definition) is 0. The van der Waals surface area contributed by atoms with E-state index in [9.17, 15) is 0 Å². The molecule has 0 aliphatic carbocycles. The monoisotopic (exact) mass is 692 g/mol. The van der Waals surface area contributed by atoms with Crippen molar-refractivity contribution in [2.75, 3.05) is 4.90 Å². The molecule has 0 aliphatic rings. The van der Waals surface area contributed by atoms with Crippen LogP contribution in [0.15, 0.2) is 194 Å². The van der Waals surface area contributed by atoms with Gasteiger partial charge >= 0.3 is 0 Å². The molecule has 11 rings (SSSR count). The van der Waals surface area contributed by atoms with Crippen molar-refractivity contribution in [3.8, 4) is 16.8 Å². The molecule has 3 heteroatoms. The number of benzene rings is 9. The maximum Gasteiger partial charge on any atom is 0.0547 e. The van der Waals surface area contributed by atoms with E-state index in [1.54, 1.807) is 0 Å². The SMILES string of the molecule is c1ccc(N(c2ccccc2)c2ccc(-c3cc4cc5sc6ccccc6c5cc4c4cc5c(cc34)c3ccccc3n5-c3ccccc3)cc2)cc1. The Labute approximate surface area is 311 Å². The van der Waals surface area contributed by atoms with Gasteiger partial charge in [0.2, 0.25) is 0 Å². The average molecular weight is 693 g/mol. The molecule has 53 heavy (non-hydrogen) atoms. The highest BCUT2D eigenvalue weighted by Crippen LogP contribution is 2.45. The summed E-state index contributed by atoms with van der Waals surface area (Å²) in [5.74, 6) is 0. The van der Waals surface area contributed by atoms with Gasteiger partial charge in [0.25, 0.3) is 0 Å². The fourth-order valence-electron chi connectivity index (χ4n) is 8.32. The second-order valence-electron chi connectivity index (χ2n) is 13.7. The number of fused-ring (bicyclic) bond motifs is 9. The summed E-state index contributed by atoms with van der Waals surface area (Å²) in [7, 11) is 0. The number of thiophene rings is 1. The number of nitrogens with zero attached hydrogens (tertiary/aromatic N) is 2. The van der Waals surface area contributed by atoms with Crippen LogP contribution in [0.5, 0.6) is 0 Å². The van der Waals surface area contributed by atoms with Crippen molar-refractivity contribution in [3.63, 3.8) is 0 Å². The van der Waals surface area contributed by atoms with Gasteiger partial charge in [-0.25, -0.2) is 0 Å². The molecule has 0 fully saturated rings. The molecule has 0 atom stereocenters.